The van der Waals surface area contributed by atoms with Gasteiger partial charge in [0.1, 0.15) is 0 Å². The molecule has 2 heterocycles. The summed E-state index contributed by atoms with van der Waals surface area (Å²) in [6.45, 7) is 2.01. The van der Waals surface area contributed by atoms with Crippen LogP contribution in [0.5, 0.6) is 0 Å². The minimum absolute atomic E-state index is 0.0859. The van der Waals surface area contributed by atoms with E-state index >= 15 is 0 Å². The number of halogens is 1. The largest absolute Gasteiger partial charge is 0.328 e. The van der Waals surface area contributed by atoms with Gasteiger partial charge >= 0.3 is 5.69 Å². The third-order valence-electron chi connectivity index (χ3n) is 4.40. The van der Waals surface area contributed by atoms with Gasteiger partial charge in [0.25, 0.3) is 0 Å². The smallest absolute Gasteiger partial charge is 0.295 e. The van der Waals surface area contributed by atoms with E-state index in [1.54, 1.807) is 38.1 Å². The van der Waals surface area contributed by atoms with Crippen molar-refractivity contribution in [2.75, 3.05) is 0 Å². The monoisotopic (exact) mass is 427 g/mol. The van der Waals surface area contributed by atoms with Crippen molar-refractivity contribution in [2.24, 2.45) is 21.1 Å². The van der Waals surface area contributed by atoms with E-state index in [4.69, 9.17) is 0 Å². The first kappa shape index (κ1) is 17.9. The van der Waals surface area contributed by atoms with Crippen LogP contribution in [0.25, 0.3) is 11.0 Å². The number of hydrogen-bond donors (Lipinski definition) is 1. The van der Waals surface area contributed by atoms with E-state index in [1.165, 1.54) is 15.2 Å². The Balaban J connectivity index is 2.02. The summed E-state index contributed by atoms with van der Waals surface area (Å²) in [6.07, 6.45) is 1.64. The average Bonchev–Trinajstić information content (AvgIpc) is 2.98. The SMILES string of the molecule is Cc1c(CNS(=O)(=O)c2cc3c(cc2Br)n(C)c(=O)n3C)cnn1C. The van der Waals surface area contributed by atoms with Gasteiger partial charge in [0.05, 0.1) is 22.1 Å². The maximum absolute atomic E-state index is 12.7. The van der Waals surface area contributed by atoms with Crippen molar-refractivity contribution in [3.63, 3.8) is 0 Å². The minimum atomic E-state index is -3.77. The molecule has 0 aliphatic heterocycles. The van der Waals surface area contributed by atoms with Gasteiger partial charge in [-0.1, -0.05) is 0 Å². The number of aryl methyl sites for hydroxylation is 3. The molecule has 2 aromatic heterocycles. The normalized spacial score (nSPS) is 12.2. The standard InChI is InChI=1S/C15H18BrN5O3S/c1-9-10(7-17-21(9)4)8-18-25(23,24)14-6-13-12(5-11(14)16)19(2)15(22)20(13)3/h5-7,18H,8H2,1-4H3. The summed E-state index contributed by atoms with van der Waals surface area (Å²) in [4.78, 5) is 12.1. The molecule has 0 unspecified atom stereocenters. The van der Waals surface area contributed by atoms with Crippen LogP contribution in [0.4, 0.5) is 0 Å². The van der Waals surface area contributed by atoms with Crippen molar-refractivity contribution in [3.8, 4) is 0 Å². The topological polar surface area (TPSA) is 90.9 Å². The summed E-state index contributed by atoms with van der Waals surface area (Å²) in [6, 6.07) is 3.14. The van der Waals surface area contributed by atoms with Gasteiger partial charge in [-0.3, -0.25) is 13.8 Å². The van der Waals surface area contributed by atoms with Gasteiger partial charge < -0.3 is 0 Å². The number of aromatic nitrogens is 4. The van der Waals surface area contributed by atoms with Crippen molar-refractivity contribution in [3.05, 3.63) is 44.5 Å². The van der Waals surface area contributed by atoms with Gasteiger partial charge in [-0.25, -0.2) is 17.9 Å². The molecule has 0 saturated heterocycles. The average molecular weight is 428 g/mol. The zero-order valence-corrected chi connectivity index (χ0v) is 16.6. The first-order valence-electron chi connectivity index (χ1n) is 7.45. The van der Waals surface area contributed by atoms with Crippen LogP contribution in [0.2, 0.25) is 0 Å². The number of sulfonamides is 1. The van der Waals surface area contributed by atoms with Crippen molar-refractivity contribution in [1.82, 2.24) is 23.6 Å². The molecule has 3 rings (SSSR count). The highest BCUT2D eigenvalue weighted by Crippen LogP contribution is 2.27. The Morgan fingerprint density at radius 2 is 1.76 bits per heavy atom. The Labute approximate surface area is 153 Å². The highest BCUT2D eigenvalue weighted by molar-refractivity contribution is 9.10. The van der Waals surface area contributed by atoms with Crippen LogP contribution in [-0.4, -0.2) is 27.3 Å². The van der Waals surface area contributed by atoms with E-state index in [2.05, 4.69) is 25.8 Å². The molecule has 1 N–H and O–H groups in total. The number of fused-ring (bicyclic) bond motifs is 1. The minimum Gasteiger partial charge on any atom is -0.295 e. The van der Waals surface area contributed by atoms with E-state index in [1.807, 2.05) is 6.92 Å². The van der Waals surface area contributed by atoms with E-state index < -0.39 is 10.0 Å². The second-order valence-corrected chi connectivity index (χ2v) is 8.47. The molecule has 10 heteroatoms. The van der Waals surface area contributed by atoms with E-state index in [9.17, 15) is 13.2 Å². The molecule has 0 spiro atoms. The highest BCUT2D eigenvalue weighted by Gasteiger charge is 2.21. The Morgan fingerprint density at radius 1 is 1.16 bits per heavy atom. The van der Waals surface area contributed by atoms with Crippen LogP contribution in [0, 0.1) is 6.92 Å². The second-order valence-electron chi connectivity index (χ2n) is 5.88. The lowest BCUT2D eigenvalue weighted by molar-refractivity contribution is 0.580. The van der Waals surface area contributed by atoms with E-state index in [0.717, 1.165) is 11.3 Å². The molecule has 0 aliphatic carbocycles. The predicted molar refractivity (Wildman–Crippen MR) is 97.8 cm³/mol. The predicted octanol–water partition coefficient (Wildman–Crippen LogP) is 1.16. The number of imidazole rings is 1. The van der Waals surface area contributed by atoms with Crippen LogP contribution < -0.4 is 10.4 Å². The molecule has 1 aromatic carbocycles. The zero-order valence-electron chi connectivity index (χ0n) is 14.2. The summed E-state index contributed by atoms with van der Waals surface area (Å²) in [7, 11) is 1.29. The summed E-state index contributed by atoms with van der Waals surface area (Å²) in [5.41, 5.74) is 2.68. The quantitative estimate of drug-likeness (QED) is 0.675. The highest BCUT2D eigenvalue weighted by atomic mass is 79.9. The molecule has 0 radical (unpaired) electrons. The maximum atomic E-state index is 12.7. The fourth-order valence-corrected chi connectivity index (χ4v) is 4.73. The molecule has 0 bridgehead atoms. The zero-order chi connectivity index (χ0) is 18.5. The number of nitrogens with one attached hydrogen (secondary N) is 1. The van der Waals surface area contributed by atoms with Crippen LogP contribution >= 0.6 is 15.9 Å². The van der Waals surface area contributed by atoms with Crippen LogP contribution in [0.3, 0.4) is 0 Å². The van der Waals surface area contributed by atoms with Crippen molar-refractivity contribution in [2.45, 2.75) is 18.4 Å². The molecule has 0 saturated carbocycles. The molecule has 8 nitrogen and oxygen atoms in total. The number of nitrogens with zero attached hydrogens (tertiary/aromatic N) is 4. The second kappa shape index (κ2) is 6.11. The third kappa shape index (κ3) is 2.94. The van der Waals surface area contributed by atoms with E-state index in [0.29, 0.717) is 15.5 Å². The number of rotatable bonds is 4. The molecule has 134 valence electrons. The lowest BCUT2D eigenvalue weighted by atomic mass is 10.3. The molecule has 0 amide bonds. The van der Waals surface area contributed by atoms with Gasteiger partial charge in [0.15, 0.2) is 0 Å². The summed E-state index contributed by atoms with van der Waals surface area (Å²) >= 11 is 3.31. The van der Waals surface area contributed by atoms with Crippen molar-refractivity contribution < 1.29 is 8.42 Å². The summed E-state index contributed by atoms with van der Waals surface area (Å²) in [5, 5.41) is 4.10. The van der Waals surface area contributed by atoms with Gasteiger partial charge in [-0.2, -0.15) is 5.10 Å². The lowest BCUT2D eigenvalue weighted by Crippen LogP contribution is -2.24. The Bertz CT molecular complexity index is 1140. The molecule has 0 atom stereocenters. The number of benzene rings is 1. The van der Waals surface area contributed by atoms with Crippen molar-refractivity contribution in [1.29, 1.82) is 0 Å². The van der Waals surface area contributed by atoms with E-state index in [-0.39, 0.29) is 17.1 Å². The molecule has 3 aromatic rings. The van der Waals surface area contributed by atoms with Gasteiger partial charge in [0, 0.05) is 43.4 Å². The summed E-state index contributed by atoms with van der Waals surface area (Å²) < 4.78 is 33.0. The lowest BCUT2D eigenvalue weighted by Gasteiger charge is -2.09. The van der Waals surface area contributed by atoms with Gasteiger partial charge in [0.2, 0.25) is 10.0 Å². The fraction of sp³-hybridized carbons (Fsp3) is 0.333. The summed E-state index contributed by atoms with van der Waals surface area (Å²) in [5.74, 6) is 0. The van der Waals surface area contributed by atoms with Gasteiger partial charge in [-0.05, 0) is 35.0 Å². The van der Waals surface area contributed by atoms with Gasteiger partial charge in [-0.15, -0.1) is 0 Å². The Kier molecular flexibility index (Phi) is 4.38. The Morgan fingerprint density at radius 3 is 2.32 bits per heavy atom. The number of hydrogen-bond acceptors (Lipinski definition) is 4. The first-order chi connectivity index (χ1) is 11.6. The van der Waals surface area contributed by atoms with Crippen LogP contribution in [-0.2, 0) is 37.7 Å². The molecule has 25 heavy (non-hydrogen) atoms. The molecule has 0 aliphatic rings. The molecular weight excluding hydrogens is 410 g/mol. The van der Waals surface area contributed by atoms with Crippen LogP contribution in [0.1, 0.15) is 11.3 Å². The molecular formula is C15H18BrN5O3S. The molecule has 0 fully saturated rings. The van der Waals surface area contributed by atoms with Crippen molar-refractivity contribution >= 4 is 37.0 Å². The van der Waals surface area contributed by atoms with Crippen LogP contribution in [0.15, 0.2) is 32.5 Å². The Hall–Kier alpha value is -1.91. The third-order valence-corrected chi connectivity index (χ3v) is 6.76. The first-order valence-corrected chi connectivity index (χ1v) is 9.73. The fourth-order valence-electron chi connectivity index (χ4n) is 2.67. The maximum Gasteiger partial charge on any atom is 0.328 e.